The van der Waals surface area contributed by atoms with Crippen LogP contribution < -0.4 is 14.8 Å². The van der Waals surface area contributed by atoms with Crippen LogP contribution in [0.4, 0.5) is 0 Å². The summed E-state index contributed by atoms with van der Waals surface area (Å²) in [4.78, 5) is 0. The molecule has 20 heavy (non-hydrogen) atoms. The molecule has 2 aliphatic rings. The van der Waals surface area contributed by atoms with Crippen molar-refractivity contribution >= 4 is 0 Å². The maximum atomic E-state index is 6.14. The number of nitrogens with one attached hydrogen (secondary N) is 1. The van der Waals surface area contributed by atoms with E-state index in [2.05, 4.69) is 11.4 Å². The van der Waals surface area contributed by atoms with Crippen LogP contribution in [0.3, 0.4) is 0 Å². The van der Waals surface area contributed by atoms with E-state index in [9.17, 15) is 0 Å². The number of ether oxygens (including phenoxy) is 3. The van der Waals surface area contributed by atoms with Gasteiger partial charge in [-0.2, -0.15) is 0 Å². The summed E-state index contributed by atoms with van der Waals surface area (Å²) in [6, 6.07) is 6.77. The van der Waals surface area contributed by atoms with E-state index < -0.39 is 0 Å². The van der Waals surface area contributed by atoms with Crippen LogP contribution in [0.1, 0.15) is 31.2 Å². The smallest absolute Gasteiger partial charge is 0.128 e. The molecule has 3 rings (SSSR count). The Hall–Kier alpha value is -1.26. The lowest BCUT2D eigenvalue weighted by Crippen LogP contribution is -2.28. The summed E-state index contributed by atoms with van der Waals surface area (Å²) in [6.45, 7) is 2.40. The minimum Gasteiger partial charge on any atom is -0.497 e. The van der Waals surface area contributed by atoms with Gasteiger partial charge in [-0.3, -0.25) is 0 Å². The summed E-state index contributed by atoms with van der Waals surface area (Å²) >= 11 is 0. The molecule has 1 aromatic carbocycles. The Morgan fingerprint density at radius 2 is 2.20 bits per heavy atom. The third-order valence-corrected chi connectivity index (χ3v) is 3.85. The van der Waals surface area contributed by atoms with Gasteiger partial charge in [-0.25, -0.2) is 0 Å². The largest absolute Gasteiger partial charge is 0.497 e. The molecule has 2 fully saturated rings. The molecule has 1 aliphatic heterocycles. The van der Waals surface area contributed by atoms with Gasteiger partial charge in [-0.15, -0.1) is 0 Å². The molecular weight excluding hydrogens is 254 g/mol. The molecule has 1 heterocycles. The molecule has 0 bridgehead atoms. The minimum absolute atomic E-state index is 0.163. The average Bonchev–Trinajstić information content (AvgIpc) is 3.31. The molecular formula is C16H23NO3. The zero-order valence-electron chi connectivity index (χ0n) is 12.1. The van der Waals surface area contributed by atoms with E-state index in [0.717, 1.165) is 37.5 Å². The van der Waals surface area contributed by atoms with Crippen LogP contribution in [0, 0.1) is 0 Å². The third-order valence-electron chi connectivity index (χ3n) is 3.85. The van der Waals surface area contributed by atoms with Gasteiger partial charge in [-0.1, -0.05) is 6.07 Å². The van der Waals surface area contributed by atoms with Crippen molar-refractivity contribution in [3.05, 3.63) is 23.8 Å². The van der Waals surface area contributed by atoms with Gasteiger partial charge in [0, 0.05) is 30.8 Å². The molecule has 4 nitrogen and oxygen atoms in total. The van der Waals surface area contributed by atoms with Crippen molar-refractivity contribution in [1.29, 1.82) is 0 Å². The minimum atomic E-state index is 0.163. The first-order valence-corrected chi connectivity index (χ1v) is 7.50. The van der Waals surface area contributed by atoms with Gasteiger partial charge in [0.15, 0.2) is 0 Å². The highest BCUT2D eigenvalue weighted by molar-refractivity contribution is 5.41. The normalized spacial score (nSPS) is 22.6. The zero-order valence-corrected chi connectivity index (χ0v) is 12.1. The quantitative estimate of drug-likeness (QED) is 0.867. The van der Waals surface area contributed by atoms with Gasteiger partial charge >= 0.3 is 0 Å². The van der Waals surface area contributed by atoms with Crippen LogP contribution >= 0.6 is 0 Å². The summed E-state index contributed by atoms with van der Waals surface area (Å²) in [5, 5.41) is 3.54. The second-order valence-corrected chi connectivity index (χ2v) is 5.59. The molecule has 110 valence electrons. The Morgan fingerprint density at radius 1 is 1.30 bits per heavy atom. The van der Waals surface area contributed by atoms with E-state index in [-0.39, 0.29) is 6.10 Å². The van der Waals surface area contributed by atoms with E-state index in [0.29, 0.717) is 12.6 Å². The highest BCUT2D eigenvalue weighted by Gasteiger charge is 2.22. The van der Waals surface area contributed by atoms with E-state index in [1.807, 2.05) is 12.1 Å². The van der Waals surface area contributed by atoms with E-state index in [4.69, 9.17) is 14.2 Å². The second-order valence-electron chi connectivity index (χ2n) is 5.59. The summed E-state index contributed by atoms with van der Waals surface area (Å²) in [5.74, 6) is 1.76. The van der Waals surface area contributed by atoms with Crippen LogP contribution in [0.5, 0.6) is 11.5 Å². The molecule has 0 aromatic heterocycles. The Bertz CT molecular complexity index is 439. The molecule has 1 aromatic rings. The van der Waals surface area contributed by atoms with Gasteiger partial charge in [0.2, 0.25) is 0 Å². The predicted molar refractivity (Wildman–Crippen MR) is 77.3 cm³/mol. The van der Waals surface area contributed by atoms with E-state index in [1.165, 1.54) is 18.4 Å². The molecule has 0 spiro atoms. The SMILES string of the molecule is COc1ccc(CNC2CC2)c(OC2CCCOC2)c1. The van der Waals surface area contributed by atoms with Crippen LogP contribution in [0.25, 0.3) is 0 Å². The van der Waals surface area contributed by atoms with Crippen molar-refractivity contribution in [3.8, 4) is 11.5 Å². The standard InChI is InChI=1S/C16H23NO3/c1-18-14-7-4-12(10-17-13-5-6-13)16(9-14)20-15-3-2-8-19-11-15/h4,7,9,13,15,17H,2-3,5-6,8,10-11H2,1H3. The van der Waals surface area contributed by atoms with Crippen molar-refractivity contribution < 1.29 is 14.2 Å². The Balaban J connectivity index is 1.69. The molecule has 1 unspecified atom stereocenters. The van der Waals surface area contributed by atoms with Crippen molar-refractivity contribution in [2.45, 2.75) is 44.4 Å². The fourth-order valence-corrected chi connectivity index (χ4v) is 2.44. The summed E-state index contributed by atoms with van der Waals surface area (Å²) in [6.07, 6.45) is 4.89. The number of hydrogen-bond acceptors (Lipinski definition) is 4. The maximum absolute atomic E-state index is 6.14. The van der Waals surface area contributed by atoms with Crippen molar-refractivity contribution in [2.75, 3.05) is 20.3 Å². The fraction of sp³-hybridized carbons (Fsp3) is 0.625. The van der Waals surface area contributed by atoms with Crippen molar-refractivity contribution in [1.82, 2.24) is 5.32 Å². The van der Waals surface area contributed by atoms with E-state index in [1.54, 1.807) is 7.11 Å². The van der Waals surface area contributed by atoms with Crippen LogP contribution in [0.2, 0.25) is 0 Å². The van der Waals surface area contributed by atoms with Crippen molar-refractivity contribution in [3.63, 3.8) is 0 Å². The molecule has 0 amide bonds. The highest BCUT2D eigenvalue weighted by atomic mass is 16.5. The lowest BCUT2D eigenvalue weighted by atomic mass is 10.1. The maximum Gasteiger partial charge on any atom is 0.128 e. The first-order valence-electron chi connectivity index (χ1n) is 7.50. The average molecular weight is 277 g/mol. The fourth-order valence-electron chi connectivity index (χ4n) is 2.44. The topological polar surface area (TPSA) is 39.7 Å². The van der Waals surface area contributed by atoms with Crippen LogP contribution in [-0.4, -0.2) is 32.5 Å². The monoisotopic (exact) mass is 277 g/mol. The van der Waals surface area contributed by atoms with Crippen LogP contribution in [0.15, 0.2) is 18.2 Å². The Morgan fingerprint density at radius 3 is 2.90 bits per heavy atom. The predicted octanol–water partition coefficient (Wildman–Crippen LogP) is 2.51. The second kappa shape index (κ2) is 6.46. The molecule has 1 saturated heterocycles. The molecule has 1 aliphatic carbocycles. The van der Waals surface area contributed by atoms with Gasteiger partial charge in [0.25, 0.3) is 0 Å². The zero-order chi connectivity index (χ0) is 13.8. The molecule has 1 N–H and O–H groups in total. The van der Waals surface area contributed by atoms with Gasteiger partial charge in [0.05, 0.1) is 13.7 Å². The lowest BCUT2D eigenvalue weighted by Gasteiger charge is -2.25. The molecule has 1 atom stereocenters. The van der Waals surface area contributed by atoms with Gasteiger partial charge in [-0.05, 0) is 31.7 Å². The van der Waals surface area contributed by atoms with Gasteiger partial charge in [0.1, 0.15) is 17.6 Å². The number of rotatable bonds is 6. The molecule has 1 saturated carbocycles. The molecule has 0 radical (unpaired) electrons. The molecule has 4 heteroatoms. The van der Waals surface area contributed by atoms with E-state index >= 15 is 0 Å². The summed E-state index contributed by atoms with van der Waals surface area (Å²) in [5.41, 5.74) is 1.20. The van der Waals surface area contributed by atoms with Gasteiger partial charge < -0.3 is 19.5 Å². The first-order chi connectivity index (χ1) is 9.85. The Labute approximate surface area is 120 Å². The van der Waals surface area contributed by atoms with Crippen LogP contribution in [-0.2, 0) is 11.3 Å². The number of hydrogen-bond donors (Lipinski definition) is 1. The summed E-state index contributed by atoms with van der Waals surface area (Å²) < 4.78 is 16.9. The van der Waals surface area contributed by atoms with Crippen molar-refractivity contribution in [2.24, 2.45) is 0 Å². The first kappa shape index (κ1) is 13.7. The summed E-state index contributed by atoms with van der Waals surface area (Å²) in [7, 11) is 1.69. The third kappa shape index (κ3) is 3.64. The highest BCUT2D eigenvalue weighted by Crippen LogP contribution is 2.28. The number of methoxy groups -OCH3 is 1. The lowest BCUT2D eigenvalue weighted by molar-refractivity contribution is 0.00692. The Kier molecular flexibility index (Phi) is 4.43. The number of benzene rings is 1.